The van der Waals surface area contributed by atoms with E-state index < -0.39 is 23.6 Å². The Bertz CT molecular complexity index is 3330. The summed E-state index contributed by atoms with van der Waals surface area (Å²) in [6.45, 7) is 0. The van der Waals surface area contributed by atoms with E-state index in [2.05, 4.69) is 27.1 Å². The highest BCUT2D eigenvalue weighted by molar-refractivity contribution is 6.02. The molecule has 2 aliphatic rings. The summed E-state index contributed by atoms with van der Waals surface area (Å²) in [6, 6.07) is 48.0. The Morgan fingerprint density at radius 1 is 0.343 bits per heavy atom. The number of nitrogens with two attached hydrogens (primary N) is 4. The van der Waals surface area contributed by atoms with Crippen LogP contribution in [0.15, 0.2) is 164 Å². The number of nitrogens with one attached hydrogen (secondary N) is 2. The lowest BCUT2D eigenvalue weighted by Crippen LogP contribution is -2.10. The van der Waals surface area contributed by atoms with E-state index in [-0.39, 0.29) is 0 Å². The van der Waals surface area contributed by atoms with Gasteiger partial charge in [-0.2, -0.15) is 0 Å². The van der Waals surface area contributed by atoms with Crippen molar-refractivity contribution in [2.24, 2.45) is 22.9 Å². The number of amides is 4. The van der Waals surface area contributed by atoms with Crippen LogP contribution in [-0.2, 0) is 0 Å². The number of fused-ring (bicyclic) bond motifs is 9. The molecule has 0 fully saturated rings. The summed E-state index contributed by atoms with van der Waals surface area (Å²) in [4.78, 5) is 70.2. The van der Waals surface area contributed by atoms with Gasteiger partial charge in [0.2, 0.25) is 23.6 Å². The van der Waals surface area contributed by atoms with E-state index in [4.69, 9.17) is 32.9 Å². The Kier molecular flexibility index (Phi) is 11.5. The average molecular weight is 916 g/mol. The Hall–Kier alpha value is -10.0. The van der Waals surface area contributed by atoms with Crippen LogP contribution in [0.25, 0.3) is 102 Å². The van der Waals surface area contributed by atoms with Crippen LogP contribution in [0.3, 0.4) is 0 Å². The Balaban J connectivity index is 0.000000502. The van der Waals surface area contributed by atoms with Crippen molar-refractivity contribution in [3.8, 4) is 44.5 Å². The smallest absolute Gasteiger partial charge is 0.248 e. The molecular formula is C57H41N9O4. The van der Waals surface area contributed by atoms with Gasteiger partial charge in [-0.25, -0.2) is 9.97 Å². The number of para-hydroxylation sites is 1. The quantitative estimate of drug-likeness (QED) is 0.0861. The van der Waals surface area contributed by atoms with E-state index in [9.17, 15) is 19.2 Å². The molecule has 0 spiro atoms. The van der Waals surface area contributed by atoms with Gasteiger partial charge in [0, 0.05) is 78.2 Å². The topological polar surface area (TPSA) is 243 Å². The van der Waals surface area contributed by atoms with E-state index in [0.29, 0.717) is 45.0 Å². The molecule has 338 valence electrons. The zero-order valence-corrected chi connectivity index (χ0v) is 37.2. The van der Waals surface area contributed by atoms with Crippen LogP contribution in [-0.4, -0.2) is 48.5 Å². The average Bonchev–Trinajstić information content (AvgIpc) is 4.24. The number of nitrogens with zero attached hydrogens (tertiary/aromatic N) is 3. The van der Waals surface area contributed by atoms with E-state index in [1.807, 2.05) is 128 Å². The fourth-order valence-corrected chi connectivity index (χ4v) is 8.64. The van der Waals surface area contributed by atoms with Crippen LogP contribution in [0.1, 0.15) is 64.2 Å². The number of aromatic nitrogens is 5. The van der Waals surface area contributed by atoms with Gasteiger partial charge in [-0.3, -0.25) is 24.2 Å². The summed E-state index contributed by atoms with van der Waals surface area (Å²) in [7, 11) is 0. The molecule has 0 unspecified atom stereocenters. The second-order valence-corrected chi connectivity index (χ2v) is 16.5. The van der Waals surface area contributed by atoms with Crippen molar-refractivity contribution < 1.29 is 19.2 Å². The standard InChI is InChI=1S/C48H34N8O4.C9H7N/c49-45(57)29-9-1-25(2-10-29)41-33-17-19-35(53-33)42(26-3-11-30(12-4-26)46(50)58)37-21-23-39(55-37)44(28-7-15-32(16-8-28)48(52)60)40-24-22-38(56-40)43(36-20-18-34(41)54-36)27-5-13-31(14-6-27)47(51)59;1-2-6-9-8(4-1)5-3-7-10-9/h1-24,53,56H,(H2,49,57)(H2,50,58)(H2,51,59)(H2,52,60);1-7H. The molecule has 0 saturated heterocycles. The van der Waals surface area contributed by atoms with Gasteiger partial charge >= 0.3 is 0 Å². The number of hydrogen-bond donors (Lipinski definition) is 6. The summed E-state index contributed by atoms with van der Waals surface area (Å²) in [5.74, 6) is -2.17. The monoisotopic (exact) mass is 915 g/mol. The van der Waals surface area contributed by atoms with Gasteiger partial charge in [-0.15, -0.1) is 0 Å². The molecule has 5 aromatic carbocycles. The summed E-state index contributed by atoms with van der Waals surface area (Å²) in [5, 5.41) is 1.20. The number of carbonyl (C=O) groups excluding carboxylic acids is 4. The number of rotatable bonds is 8. The van der Waals surface area contributed by atoms with Crippen molar-refractivity contribution in [3.05, 3.63) is 209 Å². The molecule has 0 saturated carbocycles. The van der Waals surface area contributed by atoms with Crippen molar-refractivity contribution in [1.82, 2.24) is 24.9 Å². The molecular weight excluding hydrogens is 875 g/mol. The number of pyridine rings is 1. The first kappa shape index (κ1) is 43.9. The summed E-state index contributed by atoms with van der Waals surface area (Å²) >= 11 is 0. The lowest BCUT2D eigenvalue weighted by Gasteiger charge is -2.08. The number of benzene rings is 5. The zero-order valence-electron chi connectivity index (χ0n) is 37.2. The number of carbonyl (C=O) groups is 4. The summed E-state index contributed by atoms with van der Waals surface area (Å²) in [5.41, 5.74) is 36.5. The lowest BCUT2D eigenvalue weighted by molar-refractivity contribution is 0.0992. The molecule has 0 atom stereocenters. The molecule has 11 rings (SSSR count). The Morgan fingerprint density at radius 3 is 0.914 bits per heavy atom. The van der Waals surface area contributed by atoms with E-state index in [0.717, 1.165) is 72.1 Å². The van der Waals surface area contributed by atoms with Crippen molar-refractivity contribution in [2.75, 3.05) is 0 Å². The molecule has 9 aromatic rings. The molecule has 70 heavy (non-hydrogen) atoms. The van der Waals surface area contributed by atoms with Crippen molar-refractivity contribution >= 4 is 80.9 Å². The number of hydrogen-bond acceptors (Lipinski definition) is 7. The minimum Gasteiger partial charge on any atom is -0.366 e. The zero-order chi connectivity index (χ0) is 48.5. The molecule has 13 heteroatoms. The summed E-state index contributed by atoms with van der Waals surface area (Å²) in [6.07, 6.45) is 9.54. The van der Waals surface area contributed by atoms with Crippen molar-refractivity contribution in [2.45, 2.75) is 0 Å². The maximum Gasteiger partial charge on any atom is 0.248 e. The largest absolute Gasteiger partial charge is 0.366 e. The van der Waals surface area contributed by atoms with E-state index >= 15 is 0 Å². The Morgan fingerprint density at radius 2 is 0.629 bits per heavy atom. The van der Waals surface area contributed by atoms with Gasteiger partial charge in [0.1, 0.15) is 0 Å². The SMILES string of the molecule is NC(=O)c1ccc(-c2c3nc(c(-c4ccc(C(N)=O)cc4)c4ccc([nH]4)c(-c4ccc(C(N)=O)cc4)c4nc(c(-c5ccc(C(N)=O)cc5)c5ccc2[nH]5)C=C4)C=C3)cc1.c1ccc2ncccc2c1. The third-order valence-electron chi connectivity index (χ3n) is 12.1. The molecule has 4 aromatic heterocycles. The number of H-pyrrole nitrogens is 2. The van der Waals surface area contributed by atoms with Gasteiger partial charge in [0.25, 0.3) is 0 Å². The van der Waals surface area contributed by atoms with Crippen molar-refractivity contribution in [1.29, 1.82) is 0 Å². The van der Waals surface area contributed by atoms with E-state index in [1.165, 1.54) is 5.39 Å². The second kappa shape index (κ2) is 18.3. The molecule has 10 N–H and O–H groups in total. The van der Waals surface area contributed by atoms with Crippen molar-refractivity contribution in [3.63, 3.8) is 0 Å². The minimum absolute atomic E-state index is 0.363. The predicted octanol–water partition coefficient (Wildman–Crippen LogP) is 9.95. The molecule has 2 aliphatic heterocycles. The molecule has 0 radical (unpaired) electrons. The third kappa shape index (κ3) is 8.60. The number of primary amides is 4. The van der Waals surface area contributed by atoms with Gasteiger partial charge in [0.15, 0.2) is 0 Å². The van der Waals surface area contributed by atoms with Crippen LogP contribution in [0.2, 0.25) is 0 Å². The maximum absolute atomic E-state index is 12.1. The van der Waals surface area contributed by atoms with Crippen LogP contribution >= 0.6 is 0 Å². The lowest BCUT2D eigenvalue weighted by atomic mass is 10.0. The first-order chi connectivity index (χ1) is 34.0. The Labute approximate surface area is 399 Å². The minimum atomic E-state index is -0.543. The molecule has 6 heterocycles. The highest BCUT2D eigenvalue weighted by Crippen LogP contribution is 2.39. The van der Waals surface area contributed by atoms with Gasteiger partial charge < -0.3 is 32.9 Å². The van der Waals surface area contributed by atoms with E-state index in [1.54, 1.807) is 48.5 Å². The van der Waals surface area contributed by atoms with Crippen LogP contribution < -0.4 is 22.9 Å². The van der Waals surface area contributed by atoms with Crippen LogP contribution in [0, 0.1) is 0 Å². The fourth-order valence-electron chi connectivity index (χ4n) is 8.64. The predicted molar refractivity (Wildman–Crippen MR) is 276 cm³/mol. The maximum atomic E-state index is 12.1. The molecule has 4 amide bonds. The molecule has 0 aliphatic carbocycles. The summed E-state index contributed by atoms with van der Waals surface area (Å²) < 4.78 is 0. The second-order valence-electron chi connectivity index (χ2n) is 16.5. The highest BCUT2D eigenvalue weighted by atomic mass is 16.2. The van der Waals surface area contributed by atoms with Gasteiger partial charge in [0.05, 0.1) is 28.3 Å². The fraction of sp³-hybridized carbons (Fsp3) is 0. The van der Waals surface area contributed by atoms with Gasteiger partial charge in [-0.1, -0.05) is 72.8 Å². The molecule has 8 bridgehead atoms. The normalized spacial score (nSPS) is 11.5. The van der Waals surface area contributed by atoms with Crippen LogP contribution in [0.5, 0.6) is 0 Å². The highest BCUT2D eigenvalue weighted by Gasteiger charge is 2.20. The first-order valence-electron chi connectivity index (χ1n) is 22.1. The number of aromatic amines is 2. The molecule has 13 nitrogen and oxygen atoms in total. The third-order valence-corrected chi connectivity index (χ3v) is 12.1. The van der Waals surface area contributed by atoms with Gasteiger partial charge in [-0.05, 0) is 131 Å². The first-order valence-corrected chi connectivity index (χ1v) is 22.1. The van der Waals surface area contributed by atoms with Crippen LogP contribution in [0.4, 0.5) is 0 Å².